The van der Waals surface area contributed by atoms with Gasteiger partial charge in [-0.25, -0.2) is 0 Å². The maximum atomic E-state index is 8.00. The van der Waals surface area contributed by atoms with Crippen LogP contribution in [0, 0.1) is 5.92 Å². The molecule has 0 aromatic carbocycles. The van der Waals surface area contributed by atoms with E-state index in [-0.39, 0.29) is 0 Å². The van der Waals surface area contributed by atoms with Crippen LogP contribution >= 0.6 is 0 Å². The van der Waals surface area contributed by atoms with E-state index in [1.807, 2.05) is 7.72 Å². The monoisotopic (exact) mass is 151 g/mol. The summed E-state index contributed by atoms with van der Waals surface area (Å²) in [6, 6.07) is 0. The van der Waals surface area contributed by atoms with Gasteiger partial charge in [-0.3, -0.25) is 4.90 Å². The first-order chi connectivity index (χ1) is 5.36. The maximum Gasteiger partial charge on any atom is 0.0192 e. The molecule has 3 heteroatoms. The fraction of sp³-hybridized carbons (Fsp3) is 0.750. The van der Waals surface area contributed by atoms with Gasteiger partial charge in [0.2, 0.25) is 0 Å². The van der Waals surface area contributed by atoms with E-state index >= 15 is 0 Å². The zero-order valence-electron chi connectivity index (χ0n) is 6.88. The minimum absolute atomic E-state index is 0.884. The third kappa shape index (κ3) is 1.77. The first-order valence-electron chi connectivity index (χ1n) is 4.05. The summed E-state index contributed by atoms with van der Waals surface area (Å²) in [7, 11) is 2.00. The number of nitrogens with zero attached hydrogens (tertiary/aromatic N) is 1. The Labute approximate surface area is 68.7 Å². The topological polar surface area (TPSA) is 20.3 Å². The Morgan fingerprint density at radius 2 is 1.91 bits per heavy atom. The van der Waals surface area contributed by atoms with Crippen molar-refractivity contribution in [2.24, 2.45) is 5.92 Å². The second-order valence-corrected chi connectivity index (χ2v) is 3.21. The smallest absolute Gasteiger partial charge is 0.0192 e. The maximum absolute atomic E-state index is 8.00. The molecule has 0 spiro atoms. The Balaban J connectivity index is 0.000000281. The van der Waals surface area contributed by atoms with Crippen molar-refractivity contribution in [1.29, 1.82) is 0 Å². The van der Waals surface area contributed by atoms with Crippen LogP contribution in [0.4, 0.5) is 0 Å². The van der Waals surface area contributed by atoms with Gasteiger partial charge in [0, 0.05) is 6.54 Å². The molecule has 3 fully saturated rings. The van der Waals surface area contributed by atoms with E-state index in [9.17, 15) is 0 Å². The van der Waals surface area contributed by atoms with Gasteiger partial charge in [-0.05, 0) is 31.8 Å². The predicted octanol–water partition coefficient (Wildman–Crippen LogP) is 0.501. The Bertz CT molecular complexity index is 152. The van der Waals surface area contributed by atoms with Crippen LogP contribution in [0.25, 0.3) is 0 Å². The molecule has 60 valence electrons. The first kappa shape index (κ1) is 8.66. The van der Waals surface area contributed by atoms with Gasteiger partial charge >= 0.3 is 12.4 Å². The number of piperidine rings is 3. The quantitative estimate of drug-likeness (QED) is 0.371. The summed E-state index contributed by atoms with van der Waals surface area (Å²) in [5.41, 5.74) is 1.48. The summed E-state index contributed by atoms with van der Waals surface area (Å²) in [4.78, 5) is 2.50. The van der Waals surface area contributed by atoms with E-state index in [1.54, 1.807) is 0 Å². The molecule has 3 rings (SSSR count). The standard InChI is InChI=1S/C8H13N.BHO/c1-7-6-9-4-2-8(7)3-5-9;1-2/h8H,1-6H2;1H. The first-order valence-corrected chi connectivity index (χ1v) is 4.05. The van der Waals surface area contributed by atoms with Crippen LogP contribution in [-0.4, -0.2) is 32.3 Å². The molecule has 0 aromatic rings. The number of rotatable bonds is 0. The molecule has 3 aliphatic rings. The van der Waals surface area contributed by atoms with Gasteiger partial charge in [-0.15, -0.1) is 0 Å². The Kier molecular flexibility index (Phi) is 3.00. The minimum atomic E-state index is 0.884. The van der Waals surface area contributed by atoms with Crippen molar-refractivity contribution in [3.8, 4) is 0 Å². The molecule has 0 aromatic heterocycles. The summed E-state index contributed by atoms with van der Waals surface area (Å²) in [5.74, 6) is 0.884. The van der Waals surface area contributed by atoms with Crippen LogP contribution in [0.15, 0.2) is 12.2 Å². The average molecular weight is 151 g/mol. The third-order valence-electron chi connectivity index (χ3n) is 2.59. The molecule has 0 unspecified atom stereocenters. The molecule has 0 atom stereocenters. The zero-order chi connectivity index (χ0) is 8.27. The molecule has 3 saturated heterocycles. The normalized spacial score (nSPS) is 34.3. The van der Waals surface area contributed by atoms with Gasteiger partial charge in [0.05, 0.1) is 0 Å². The molecule has 11 heavy (non-hydrogen) atoms. The van der Waals surface area contributed by atoms with Crippen molar-refractivity contribution in [1.82, 2.24) is 4.90 Å². The van der Waals surface area contributed by atoms with Gasteiger partial charge in [-0.1, -0.05) is 12.2 Å². The second-order valence-electron chi connectivity index (χ2n) is 3.21. The van der Waals surface area contributed by atoms with Gasteiger partial charge < -0.3 is 0 Å². The zero-order valence-corrected chi connectivity index (χ0v) is 6.88. The molecular formula is C8H14BNO. The predicted molar refractivity (Wildman–Crippen MR) is 46.1 cm³/mol. The SMILES string of the molecule is B=O.C=C1CN2CCC1CC2. The van der Waals surface area contributed by atoms with Crippen LogP contribution in [-0.2, 0) is 4.70 Å². The number of fused-ring (bicyclic) bond motifs is 3. The molecule has 0 N–H and O–H groups in total. The molecule has 0 radical (unpaired) electrons. The fourth-order valence-corrected chi connectivity index (χ4v) is 1.92. The molecule has 0 aliphatic carbocycles. The largest absolute Gasteiger partial charge is 0.299 e. The molecule has 2 bridgehead atoms. The second kappa shape index (κ2) is 3.81. The van der Waals surface area contributed by atoms with Crippen molar-refractivity contribution >= 4 is 7.72 Å². The molecule has 3 heterocycles. The van der Waals surface area contributed by atoms with E-state index in [0.717, 1.165) is 5.92 Å². The van der Waals surface area contributed by atoms with Gasteiger partial charge in [-0.2, -0.15) is 0 Å². The van der Waals surface area contributed by atoms with Crippen LogP contribution in [0.2, 0.25) is 0 Å². The molecule has 0 amide bonds. The van der Waals surface area contributed by atoms with Crippen LogP contribution in [0.5, 0.6) is 0 Å². The van der Waals surface area contributed by atoms with E-state index in [0.29, 0.717) is 0 Å². The number of hydrogen-bond acceptors (Lipinski definition) is 2. The van der Waals surface area contributed by atoms with Gasteiger partial charge in [0.25, 0.3) is 0 Å². The van der Waals surface area contributed by atoms with Crippen molar-refractivity contribution < 1.29 is 4.70 Å². The molecule has 0 saturated carbocycles. The summed E-state index contributed by atoms with van der Waals surface area (Å²) < 4.78 is 8.00. The van der Waals surface area contributed by atoms with Crippen molar-refractivity contribution in [3.63, 3.8) is 0 Å². The average Bonchev–Trinajstić information content (AvgIpc) is 2.10. The van der Waals surface area contributed by atoms with Crippen LogP contribution in [0.3, 0.4) is 0 Å². The Hall–Kier alpha value is -0.435. The summed E-state index contributed by atoms with van der Waals surface area (Å²) in [5, 5.41) is 0. The van der Waals surface area contributed by atoms with Crippen molar-refractivity contribution in [2.45, 2.75) is 12.8 Å². The van der Waals surface area contributed by atoms with E-state index in [4.69, 9.17) is 4.70 Å². The van der Waals surface area contributed by atoms with Crippen molar-refractivity contribution in [2.75, 3.05) is 19.6 Å². The summed E-state index contributed by atoms with van der Waals surface area (Å²) in [6.07, 6.45) is 2.75. The summed E-state index contributed by atoms with van der Waals surface area (Å²) >= 11 is 0. The van der Waals surface area contributed by atoms with Crippen molar-refractivity contribution in [3.05, 3.63) is 12.2 Å². The third-order valence-corrected chi connectivity index (χ3v) is 2.59. The molecule has 2 nitrogen and oxygen atoms in total. The van der Waals surface area contributed by atoms with E-state index in [2.05, 4.69) is 11.5 Å². The van der Waals surface area contributed by atoms with Gasteiger partial charge in [0.1, 0.15) is 0 Å². The summed E-state index contributed by atoms with van der Waals surface area (Å²) in [6.45, 7) is 7.89. The molecular weight excluding hydrogens is 137 g/mol. The van der Waals surface area contributed by atoms with Gasteiger partial charge in [0.15, 0.2) is 0 Å². The van der Waals surface area contributed by atoms with Crippen LogP contribution < -0.4 is 0 Å². The minimum Gasteiger partial charge on any atom is -0.299 e. The van der Waals surface area contributed by atoms with Crippen LogP contribution in [0.1, 0.15) is 12.8 Å². The van der Waals surface area contributed by atoms with E-state index in [1.165, 1.54) is 38.0 Å². The van der Waals surface area contributed by atoms with E-state index < -0.39 is 0 Å². The Morgan fingerprint density at radius 3 is 2.09 bits per heavy atom. The Morgan fingerprint density at radius 1 is 1.36 bits per heavy atom. The molecule has 3 aliphatic heterocycles. The fourth-order valence-electron chi connectivity index (χ4n) is 1.92. The number of hydrogen-bond donors (Lipinski definition) is 0.